The number of H-pyrrole nitrogens is 1. The number of nitrogens with zero attached hydrogens (tertiary/aromatic N) is 3. The molecule has 0 saturated heterocycles. The van der Waals surface area contributed by atoms with Crippen LogP contribution in [-0.2, 0) is 0 Å². The molecule has 0 aliphatic heterocycles. The van der Waals surface area contributed by atoms with Gasteiger partial charge in [0.2, 0.25) is 0 Å². The van der Waals surface area contributed by atoms with Crippen molar-refractivity contribution < 1.29 is 4.42 Å². The quantitative estimate of drug-likeness (QED) is 0.551. The Morgan fingerprint density at radius 1 is 1.60 bits per heavy atom. The Labute approximate surface area is 83.9 Å². The summed E-state index contributed by atoms with van der Waals surface area (Å²) in [5, 5.41) is 9.49. The van der Waals surface area contributed by atoms with E-state index >= 15 is 0 Å². The van der Waals surface area contributed by atoms with Crippen LogP contribution in [0.3, 0.4) is 0 Å². The van der Waals surface area contributed by atoms with Crippen LogP contribution in [0.4, 0.5) is 5.82 Å². The standard InChI is InChI=1S/C8H7N5O2/c14-8-11-7(5-10-13-8)12-9-4-6-2-1-3-15-6/h1-5H,(H2,11,12,13,14)/b9-4+. The van der Waals surface area contributed by atoms with Gasteiger partial charge in [0, 0.05) is 0 Å². The Hall–Kier alpha value is -2.44. The van der Waals surface area contributed by atoms with Crippen molar-refractivity contribution in [3.05, 3.63) is 40.8 Å². The van der Waals surface area contributed by atoms with Crippen LogP contribution in [0.15, 0.2) is 38.9 Å². The molecular weight excluding hydrogens is 198 g/mol. The minimum Gasteiger partial charge on any atom is -0.463 e. The first-order valence-electron chi connectivity index (χ1n) is 4.09. The van der Waals surface area contributed by atoms with E-state index in [2.05, 4.69) is 25.7 Å². The van der Waals surface area contributed by atoms with Crippen LogP contribution < -0.4 is 11.1 Å². The van der Waals surface area contributed by atoms with Gasteiger partial charge in [0.1, 0.15) is 5.76 Å². The fourth-order valence-electron chi connectivity index (χ4n) is 0.893. The number of anilines is 1. The third-order valence-electron chi connectivity index (χ3n) is 1.48. The van der Waals surface area contributed by atoms with Gasteiger partial charge in [-0.1, -0.05) is 0 Å². The largest absolute Gasteiger partial charge is 0.463 e. The van der Waals surface area contributed by atoms with E-state index in [0.29, 0.717) is 5.76 Å². The Morgan fingerprint density at radius 2 is 2.53 bits per heavy atom. The minimum atomic E-state index is -0.534. The van der Waals surface area contributed by atoms with Crippen molar-refractivity contribution in [1.82, 2.24) is 15.2 Å². The van der Waals surface area contributed by atoms with E-state index in [1.165, 1.54) is 18.7 Å². The Morgan fingerprint density at radius 3 is 3.27 bits per heavy atom. The average Bonchev–Trinajstić information content (AvgIpc) is 2.71. The molecule has 2 aromatic rings. The molecule has 2 rings (SSSR count). The zero-order valence-electron chi connectivity index (χ0n) is 7.54. The van der Waals surface area contributed by atoms with Crippen molar-refractivity contribution >= 4 is 12.0 Å². The molecule has 15 heavy (non-hydrogen) atoms. The highest BCUT2D eigenvalue weighted by Crippen LogP contribution is 1.97. The summed E-state index contributed by atoms with van der Waals surface area (Å²) in [6, 6.07) is 3.49. The molecule has 2 heterocycles. The second-order valence-electron chi connectivity index (χ2n) is 2.56. The van der Waals surface area contributed by atoms with Crippen molar-refractivity contribution in [2.75, 3.05) is 5.43 Å². The summed E-state index contributed by atoms with van der Waals surface area (Å²) in [6.07, 6.45) is 4.35. The van der Waals surface area contributed by atoms with E-state index in [1.54, 1.807) is 12.1 Å². The number of aromatic nitrogens is 3. The molecule has 76 valence electrons. The second-order valence-corrected chi connectivity index (χ2v) is 2.56. The summed E-state index contributed by atoms with van der Waals surface area (Å²) in [5.74, 6) is 0.863. The second kappa shape index (κ2) is 4.18. The monoisotopic (exact) mass is 205 g/mol. The fourth-order valence-corrected chi connectivity index (χ4v) is 0.893. The van der Waals surface area contributed by atoms with Gasteiger partial charge in [-0.15, -0.1) is 0 Å². The van der Waals surface area contributed by atoms with Crippen LogP contribution in [-0.4, -0.2) is 21.4 Å². The predicted molar refractivity (Wildman–Crippen MR) is 52.6 cm³/mol. The van der Waals surface area contributed by atoms with Crippen LogP contribution in [0.2, 0.25) is 0 Å². The van der Waals surface area contributed by atoms with E-state index in [9.17, 15) is 4.79 Å². The molecule has 0 spiro atoms. The molecule has 0 bridgehead atoms. The first kappa shape index (κ1) is 9.13. The summed E-state index contributed by atoms with van der Waals surface area (Å²) in [7, 11) is 0. The van der Waals surface area contributed by atoms with Crippen LogP contribution in [0, 0.1) is 0 Å². The highest BCUT2D eigenvalue weighted by atomic mass is 16.3. The van der Waals surface area contributed by atoms with Gasteiger partial charge in [-0.2, -0.15) is 15.2 Å². The maximum Gasteiger partial charge on any atom is 0.363 e. The fraction of sp³-hybridized carbons (Fsp3) is 0. The number of nitrogens with one attached hydrogen (secondary N) is 2. The maximum absolute atomic E-state index is 10.7. The number of furan rings is 1. The van der Waals surface area contributed by atoms with E-state index < -0.39 is 5.69 Å². The first-order chi connectivity index (χ1) is 7.34. The van der Waals surface area contributed by atoms with Gasteiger partial charge in [-0.3, -0.25) is 5.43 Å². The average molecular weight is 205 g/mol. The normalized spacial score (nSPS) is 10.7. The topological polar surface area (TPSA) is 96.2 Å². The molecule has 2 aromatic heterocycles. The Kier molecular flexibility index (Phi) is 2.54. The van der Waals surface area contributed by atoms with Gasteiger partial charge < -0.3 is 4.42 Å². The first-order valence-corrected chi connectivity index (χ1v) is 4.09. The zero-order valence-corrected chi connectivity index (χ0v) is 7.54. The minimum absolute atomic E-state index is 0.265. The lowest BCUT2D eigenvalue weighted by Crippen LogP contribution is -2.13. The van der Waals surface area contributed by atoms with Gasteiger partial charge in [-0.25, -0.2) is 9.89 Å². The molecule has 0 fully saturated rings. The number of rotatable bonds is 3. The number of aromatic amines is 1. The summed E-state index contributed by atoms with van der Waals surface area (Å²) >= 11 is 0. The Balaban J connectivity index is 2.02. The number of hydrogen-bond donors (Lipinski definition) is 2. The van der Waals surface area contributed by atoms with Gasteiger partial charge in [0.15, 0.2) is 5.82 Å². The van der Waals surface area contributed by atoms with Crippen molar-refractivity contribution in [1.29, 1.82) is 0 Å². The molecule has 0 amide bonds. The van der Waals surface area contributed by atoms with Gasteiger partial charge >= 0.3 is 5.69 Å². The SMILES string of the molecule is O=c1nc(N/N=C/c2ccco2)cn[nH]1. The molecule has 0 unspecified atom stereocenters. The van der Waals surface area contributed by atoms with Gasteiger partial charge in [0.05, 0.1) is 18.7 Å². The van der Waals surface area contributed by atoms with Gasteiger partial charge in [0.25, 0.3) is 0 Å². The maximum atomic E-state index is 10.7. The summed E-state index contributed by atoms with van der Waals surface area (Å²) < 4.78 is 5.00. The van der Waals surface area contributed by atoms with E-state index in [1.807, 2.05) is 0 Å². The smallest absolute Gasteiger partial charge is 0.363 e. The molecule has 0 aliphatic carbocycles. The molecule has 0 atom stereocenters. The molecule has 2 N–H and O–H groups in total. The van der Waals surface area contributed by atoms with Crippen molar-refractivity contribution in [2.24, 2.45) is 5.10 Å². The van der Waals surface area contributed by atoms with Crippen molar-refractivity contribution in [3.63, 3.8) is 0 Å². The lowest BCUT2D eigenvalue weighted by Gasteiger charge is -1.94. The molecular formula is C8H7N5O2. The van der Waals surface area contributed by atoms with Crippen LogP contribution in [0.1, 0.15) is 5.76 Å². The van der Waals surface area contributed by atoms with E-state index in [4.69, 9.17) is 4.42 Å². The summed E-state index contributed by atoms with van der Waals surface area (Å²) in [5.41, 5.74) is 2.01. The van der Waals surface area contributed by atoms with Crippen LogP contribution >= 0.6 is 0 Å². The molecule has 0 saturated carbocycles. The summed E-state index contributed by atoms with van der Waals surface area (Å²) in [6.45, 7) is 0. The number of hydrazone groups is 1. The lowest BCUT2D eigenvalue weighted by atomic mass is 10.5. The Bertz CT molecular complexity index is 502. The van der Waals surface area contributed by atoms with Crippen molar-refractivity contribution in [3.8, 4) is 0 Å². The van der Waals surface area contributed by atoms with Crippen molar-refractivity contribution in [2.45, 2.75) is 0 Å². The highest BCUT2D eigenvalue weighted by molar-refractivity contribution is 5.76. The van der Waals surface area contributed by atoms with Crippen LogP contribution in [0.25, 0.3) is 0 Å². The highest BCUT2D eigenvalue weighted by Gasteiger charge is 1.92. The third kappa shape index (κ3) is 2.50. The zero-order chi connectivity index (χ0) is 10.5. The van der Waals surface area contributed by atoms with E-state index in [0.717, 1.165) is 0 Å². The summed E-state index contributed by atoms with van der Waals surface area (Å²) in [4.78, 5) is 14.3. The third-order valence-corrected chi connectivity index (χ3v) is 1.48. The van der Waals surface area contributed by atoms with E-state index in [-0.39, 0.29) is 5.82 Å². The van der Waals surface area contributed by atoms with Crippen LogP contribution in [0.5, 0.6) is 0 Å². The lowest BCUT2D eigenvalue weighted by molar-refractivity contribution is 0.560. The molecule has 7 nitrogen and oxygen atoms in total. The molecule has 0 aromatic carbocycles. The predicted octanol–water partition coefficient (Wildman–Crippen LogP) is 0.204. The molecule has 0 radical (unpaired) electrons. The molecule has 7 heteroatoms. The number of hydrogen-bond acceptors (Lipinski definition) is 6. The van der Waals surface area contributed by atoms with Gasteiger partial charge in [-0.05, 0) is 12.1 Å². The molecule has 0 aliphatic rings.